The summed E-state index contributed by atoms with van der Waals surface area (Å²) in [5, 5.41) is 2.59. The molecule has 110 valence electrons. The lowest BCUT2D eigenvalue weighted by Crippen LogP contribution is -2.14. The lowest BCUT2D eigenvalue weighted by atomic mass is 9.94. The number of benzene rings is 2. The van der Waals surface area contributed by atoms with Crippen molar-refractivity contribution >= 4 is 39.3 Å². The first-order chi connectivity index (χ1) is 10.2. The predicted molar refractivity (Wildman–Crippen MR) is 96.8 cm³/mol. The predicted octanol–water partition coefficient (Wildman–Crippen LogP) is 6.00. The molecule has 0 aliphatic carbocycles. The molecule has 3 rings (SSSR count). The third-order valence-corrected chi connectivity index (χ3v) is 6.48. The summed E-state index contributed by atoms with van der Waals surface area (Å²) in [6, 6.07) is 17.1. The van der Waals surface area contributed by atoms with Gasteiger partial charge in [-0.2, -0.15) is 0 Å². The van der Waals surface area contributed by atoms with Gasteiger partial charge in [-0.05, 0) is 54.5 Å². The topological polar surface area (TPSA) is 0 Å². The minimum absolute atomic E-state index is 0.679. The van der Waals surface area contributed by atoms with Crippen LogP contribution in [0.2, 0.25) is 5.02 Å². The average Bonchev–Trinajstić information content (AvgIpc) is 2.91. The highest BCUT2D eigenvalue weighted by Crippen LogP contribution is 2.40. The summed E-state index contributed by atoms with van der Waals surface area (Å²) in [5.41, 5.74) is 2.90. The summed E-state index contributed by atoms with van der Waals surface area (Å²) in [6.07, 6.45) is 3.59. The molecule has 0 fully saturated rings. The Morgan fingerprint density at radius 3 is 2.62 bits per heavy atom. The van der Waals surface area contributed by atoms with Crippen LogP contribution in [0.1, 0.15) is 17.5 Å². The summed E-state index contributed by atoms with van der Waals surface area (Å²) in [4.78, 5) is 1.47. The Kier molecular flexibility index (Phi) is 5.31. The molecular weight excluding hydrogens is 364 g/mol. The molecule has 1 heterocycles. The fourth-order valence-corrected chi connectivity index (χ4v) is 4.98. The highest BCUT2D eigenvalue weighted by Gasteiger charge is 2.24. The fraction of sp³-hybridized carbons (Fsp3) is 0.333. The van der Waals surface area contributed by atoms with Crippen LogP contribution in [-0.4, -0.2) is 10.6 Å². The number of thioether (sulfide) groups is 1. The van der Waals surface area contributed by atoms with Crippen molar-refractivity contribution in [3.05, 3.63) is 64.7 Å². The molecule has 21 heavy (non-hydrogen) atoms. The molecule has 0 aromatic heterocycles. The number of hydrogen-bond donors (Lipinski definition) is 0. The zero-order chi connectivity index (χ0) is 14.7. The van der Waals surface area contributed by atoms with E-state index in [2.05, 4.69) is 64.1 Å². The number of rotatable bonds is 5. The highest BCUT2D eigenvalue weighted by molar-refractivity contribution is 9.09. The van der Waals surface area contributed by atoms with Crippen LogP contribution in [0.25, 0.3) is 0 Å². The third-order valence-electron chi connectivity index (χ3n) is 3.97. The molecule has 1 aliphatic rings. The molecule has 0 N–H and O–H groups in total. The Morgan fingerprint density at radius 1 is 1.14 bits per heavy atom. The van der Waals surface area contributed by atoms with E-state index >= 15 is 0 Å². The SMILES string of the molecule is Clc1ccc(CC(CBr)CC2Cc3ccccc3S2)cc1. The Balaban J connectivity index is 1.60. The molecule has 2 aromatic rings. The molecule has 3 heteroatoms. The van der Waals surface area contributed by atoms with Crippen LogP contribution in [0.3, 0.4) is 0 Å². The van der Waals surface area contributed by atoms with Crippen LogP contribution in [0.4, 0.5) is 0 Å². The van der Waals surface area contributed by atoms with Crippen molar-refractivity contribution in [1.82, 2.24) is 0 Å². The Bertz CT molecular complexity index is 571. The maximum Gasteiger partial charge on any atom is 0.0406 e. The third kappa shape index (κ3) is 4.06. The maximum atomic E-state index is 5.96. The molecule has 0 bridgehead atoms. The minimum Gasteiger partial charge on any atom is -0.122 e. The second-order valence-electron chi connectivity index (χ2n) is 5.64. The van der Waals surface area contributed by atoms with Gasteiger partial charge in [0.15, 0.2) is 0 Å². The van der Waals surface area contributed by atoms with Crippen molar-refractivity contribution < 1.29 is 0 Å². The van der Waals surface area contributed by atoms with Crippen LogP contribution >= 0.6 is 39.3 Å². The van der Waals surface area contributed by atoms with Crippen LogP contribution in [0, 0.1) is 5.92 Å². The first-order valence-electron chi connectivity index (χ1n) is 7.29. The standard InChI is InChI=1S/C18H18BrClS/c19-12-14(9-13-5-7-16(20)8-6-13)10-17-11-15-3-1-2-4-18(15)21-17/h1-8,14,17H,9-12H2. The zero-order valence-corrected chi connectivity index (χ0v) is 14.9. The fourth-order valence-electron chi connectivity index (χ4n) is 2.91. The van der Waals surface area contributed by atoms with Gasteiger partial charge in [0.2, 0.25) is 0 Å². The Labute approximate surface area is 144 Å². The van der Waals surface area contributed by atoms with Crippen LogP contribution in [-0.2, 0) is 12.8 Å². The first kappa shape index (κ1) is 15.5. The maximum absolute atomic E-state index is 5.96. The second-order valence-corrected chi connectivity index (χ2v) is 8.06. The normalized spacial score (nSPS) is 18.5. The van der Waals surface area contributed by atoms with E-state index in [0.717, 1.165) is 22.0 Å². The first-order valence-corrected chi connectivity index (χ1v) is 9.67. The summed E-state index contributed by atoms with van der Waals surface area (Å²) in [5.74, 6) is 0.679. The molecule has 1 aliphatic heterocycles. The van der Waals surface area contributed by atoms with Crippen LogP contribution in [0.5, 0.6) is 0 Å². The summed E-state index contributed by atoms with van der Waals surface area (Å²) in [6.45, 7) is 0. The van der Waals surface area contributed by atoms with E-state index in [9.17, 15) is 0 Å². The van der Waals surface area contributed by atoms with E-state index in [1.807, 2.05) is 12.1 Å². The van der Waals surface area contributed by atoms with Gasteiger partial charge in [0.1, 0.15) is 0 Å². The van der Waals surface area contributed by atoms with Crippen molar-refractivity contribution in [2.45, 2.75) is 29.4 Å². The van der Waals surface area contributed by atoms with Crippen molar-refractivity contribution in [3.63, 3.8) is 0 Å². The van der Waals surface area contributed by atoms with E-state index in [1.165, 1.54) is 28.9 Å². The number of alkyl halides is 1. The lowest BCUT2D eigenvalue weighted by molar-refractivity contribution is 0.530. The summed E-state index contributed by atoms with van der Waals surface area (Å²) >= 11 is 11.7. The smallest absolute Gasteiger partial charge is 0.0406 e. The van der Waals surface area contributed by atoms with Crippen LogP contribution in [0.15, 0.2) is 53.4 Å². The lowest BCUT2D eigenvalue weighted by Gasteiger charge is -2.18. The van der Waals surface area contributed by atoms with Gasteiger partial charge in [0.05, 0.1) is 0 Å². The molecule has 0 saturated carbocycles. The van der Waals surface area contributed by atoms with Gasteiger partial charge >= 0.3 is 0 Å². The van der Waals surface area contributed by atoms with Gasteiger partial charge in [-0.1, -0.05) is 57.9 Å². The average molecular weight is 382 g/mol. The molecule has 0 saturated heterocycles. The van der Waals surface area contributed by atoms with Gasteiger partial charge in [0.25, 0.3) is 0 Å². The number of fused-ring (bicyclic) bond motifs is 1. The molecule has 0 spiro atoms. The van der Waals surface area contributed by atoms with E-state index in [4.69, 9.17) is 11.6 Å². The van der Waals surface area contributed by atoms with Gasteiger partial charge < -0.3 is 0 Å². The minimum atomic E-state index is 0.679. The molecule has 0 nitrogen and oxygen atoms in total. The van der Waals surface area contributed by atoms with Gasteiger partial charge in [0, 0.05) is 20.5 Å². The van der Waals surface area contributed by atoms with E-state index in [1.54, 1.807) is 0 Å². The molecule has 0 amide bonds. The van der Waals surface area contributed by atoms with Gasteiger partial charge in [-0.25, -0.2) is 0 Å². The van der Waals surface area contributed by atoms with E-state index in [0.29, 0.717) is 5.92 Å². The monoisotopic (exact) mass is 380 g/mol. The van der Waals surface area contributed by atoms with Crippen molar-refractivity contribution in [2.24, 2.45) is 5.92 Å². The summed E-state index contributed by atoms with van der Waals surface area (Å²) in [7, 11) is 0. The number of hydrogen-bond acceptors (Lipinski definition) is 1. The quantitative estimate of drug-likeness (QED) is 0.572. The largest absolute Gasteiger partial charge is 0.122 e. The molecular formula is C18H18BrClS. The van der Waals surface area contributed by atoms with Crippen molar-refractivity contribution in [2.75, 3.05) is 5.33 Å². The molecule has 2 unspecified atom stereocenters. The summed E-state index contributed by atoms with van der Waals surface area (Å²) < 4.78 is 0. The highest BCUT2D eigenvalue weighted by atomic mass is 79.9. The zero-order valence-electron chi connectivity index (χ0n) is 11.8. The molecule has 2 aromatic carbocycles. The van der Waals surface area contributed by atoms with Gasteiger partial charge in [-0.3, -0.25) is 0 Å². The Hall–Kier alpha value is -0.440. The van der Waals surface area contributed by atoms with E-state index in [-0.39, 0.29) is 0 Å². The Morgan fingerprint density at radius 2 is 1.90 bits per heavy atom. The second kappa shape index (κ2) is 7.21. The van der Waals surface area contributed by atoms with Gasteiger partial charge in [-0.15, -0.1) is 11.8 Å². The van der Waals surface area contributed by atoms with Crippen LogP contribution < -0.4 is 0 Å². The van der Waals surface area contributed by atoms with Crippen molar-refractivity contribution in [3.8, 4) is 0 Å². The van der Waals surface area contributed by atoms with E-state index < -0.39 is 0 Å². The van der Waals surface area contributed by atoms with Crippen molar-refractivity contribution in [1.29, 1.82) is 0 Å². The molecule has 2 atom stereocenters. The number of halogens is 2. The molecule has 0 radical (unpaired) electrons.